The molecule has 1 aliphatic rings. The molecule has 0 aromatic heterocycles. The first kappa shape index (κ1) is 23.9. The van der Waals surface area contributed by atoms with Crippen molar-refractivity contribution in [1.82, 2.24) is 4.90 Å². The molecule has 0 heterocycles. The number of anilines is 1. The van der Waals surface area contributed by atoms with Gasteiger partial charge in [-0.25, -0.2) is 8.42 Å². The van der Waals surface area contributed by atoms with Gasteiger partial charge in [-0.05, 0) is 67.1 Å². The minimum absolute atomic E-state index is 0.180. The fraction of sp³-hybridized carbons (Fsp3) is 0.478. The van der Waals surface area contributed by atoms with Crippen LogP contribution in [0.3, 0.4) is 0 Å². The van der Waals surface area contributed by atoms with Crippen molar-refractivity contribution in [2.45, 2.75) is 25.4 Å². The van der Waals surface area contributed by atoms with Gasteiger partial charge in [0.1, 0.15) is 18.5 Å². The van der Waals surface area contributed by atoms with Crippen LogP contribution >= 0.6 is 11.6 Å². The van der Waals surface area contributed by atoms with Crippen LogP contribution in [-0.4, -0.2) is 64.1 Å². The Morgan fingerprint density at radius 2 is 1.90 bits per heavy atom. The number of hydrogen-bond acceptors (Lipinski definition) is 5. The number of sulfonamides is 1. The molecule has 1 N–H and O–H groups in total. The van der Waals surface area contributed by atoms with E-state index in [2.05, 4.69) is 11.0 Å². The monoisotopic (exact) mass is 466 g/mol. The summed E-state index contributed by atoms with van der Waals surface area (Å²) in [5.41, 5.74) is 1.75. The Balaban J connectivity index is 1.49. The minimum Gasteiger partial charge on any atom is -0.491 e. The van der Waals surface area contributed by atoms with E-state index in [1.165, 1.54) is 29.8 Å². The average molecular weight is 467 g/mol. The predicted molar refractivity (Wildman–Crippen MR) is 126 cm³/mol. The highest BCUT2D eigenvalue weighted by atomic mass is 35.5. The molecule has 0 aliphatic heterocycles. The first-order valence-electron chi connectivity index (χ1n) is 10.5. The molecule has 1 atom stereocenters. The number of ether oxygens (including phenoxy) is 1. The topological polar surface area (TPSA) is 70.1 Å². The number of aliphatic hydroxyl groups is 1. The smallest absolute Gasteiger partial charge is 0.231 e. The summed E-state index contributed by atoms with van der Waals surface area (Å²) in [7, 11) is -1.79. The lowest BCUT2D eigenvalue weighted by Gasteiger charge is -2.25. The number of aliphatic hydroxyl groups excluding tert-OH is 1. The Hall–Kier alpha value is -1.80. The van der Waals surface area contributed by atoms with Gasteiger partial charge in [-0.1, -0.05) is 23.7 Å². The molecule has 1 fully saturated rings. The number of benzene rings is 2. The van der Waals surface area contributed by atoms with Crippen molar-refractivity contribution in [3.8, 4) is 5.75 Å². The summed E-state index contributed by atoms with van der Waals surface area (Å²) in [5, 5.41) is 11.3. The van der Waals surface area contributed by atoms with E-state index < -0.39 is 16.1 Å². The molecule has 0 saturated heterocycles. The summed E-state index contributed by atoms with van der Waals surface area (Å²) in [6, 6.07) is 14.7. The first-order chi connectivity index (χ1) is 14.7. The van der Waals surface area contributed by atoms with Gasteiger partial charge < -0.3 is 14.7 Å². The number of hydrogen-bond donors (Lipinski definition) is 1. The quantitative estimate of drug-likeness (QED) is 0.519. The fourth-order valence-corrected chi connectivity index (χ4v) is 4.11. The zero-order valence-electron chi connectivity index (χ0n) is 18.1. The van der Waals surface area contributed by atoms with Gasteiger partial charge in [0.05, 0.1) is 11.9 Å². The van der Waals surface area contributed by atoms with Gasteiger partial charge in [0.15, 0.2) is 0 Å². The molecule has 2 aromatic rings. The molecule has 0 amide bonds. The fourth-order valence-electron chi connectivity index (χ4n) is 3.39. The Bertz CT molecular complexity index is 948. The van der Waals surface area contributed by atoms with E-state index in [1.807, 2.05) is 18.2 Å². The van der Waals surface area contributed by atoms with Crippen LogP contribution < -0.4 is 9.04 Å². The van der Waals surface area contributed by atoms with Gasteiger partial charge in [0.2, 0.25) is 10.0 Å². The summed E-state index contributed by atoms with van der Waals surface area (Å²) >= 11 is 6.08. The van der Waals surface area contributed by atoms with E-state index in [0.29, 0.717) is 18.0 Å². The third-order valence-corrected chi connectivity index (χ3v) is 6.87. The van der Waals surface area contributed by atoms with Gasteiger partial charge in [-0.15, -0.1) is 0 Å². The lowest BCUT2D eigenvalue weighted by atomic mass is 10.1. The SMILES string of the molecule is CN(c1ccc(OC[C@@H](O)CN(CCc2cccc(Cl)c2)CC2CC2)cc1)S(C)(=O)=O. The van der Waals surface area contributed by atoms with E-state index in [-0.39, 0.29) is 6.61 Å². The van der Waals surface area contributed by atoms with E-state index in [1.54, 1.807) is 24.3 Å². The summed E-state index contributed by atoms with van der Waals surface area (Å²) in [4.78, 5) is 2.30. The molecule has 8 heteroatoms. The molecule has 31 heavy (non-hydrogen) atoms. The van der Waals surface area contributed by atoms with Crippen molar-refractivity contribution in [2.75, 3.05) is 43.8 Å². The van der Waals surface area contributed by atoms with Gasteiger partial charge in [-0.2, -0.15) is 0 Å². The van der Waals surface area contributed by atoms with Crippen LogP contribution in [0.4, 0.5) is 5.69 Å². The van der Waals surface area contributed by atoms with Gasteiger partial charge in [0.25, 0.3) is 0 Å². The largest absolute Gasteiger partial charge is 0.491 e. The van der Waals surface area contributed by atoms with Crippen LogP contribution in [0.2, 0.25) is 5.02 Å². The summed E-state index contributed by atoms with van der Waals surface area (Å²) in [6.45, 7) is 2.58. The lowest BCUT2D eigenvalue weighted by Crippen LogP contribution is -2.38. The summed E-state index contributed by atoms with van der Waals surface area (Å²) in [5.74, 6) is 1.32. The van der Waals surface area contributed by atoms with Crippen LogP contribution in [0.15, 0.2) is 48.5 Å². The van der Waals surface area contributed by atoms with Crippen molar-refractivity contribution in [1.29, 1.82) is 0 Å². The van der Waals surface area contributed by atoms with Crippen molar-refractivity contribution >= 4 is 27.3 Å². The van der Waals surface area contributed by atoms with Crippen LogP contribution in [0.5, 0.6) is 5.75 Å². The van der Waals surface area contributed by atoms with Crippen LogP contribution in [0.25, 0.3) is 0 Å². The molecule has 0 spiro atoms. The van der Waals surface area contributed by atoms with Crippen molar-refractivity contribution in [2.24, 2.45) is 5.92 Å². The third kappa shape index (κ3) is 8.00. The van der Waals surface area contributed by atoms with Crippen molar-refractivity contribution in [3.05, 3.63) is 59.1 Å². The molecule has 0 bridgehead atoms. The lowest BCUT2D eigenvalue weighted by molar-refractivity contribution is 0.0669. The molecule has 1 saturated carbocycles. The van der Waals surface area contributed by atoms with Crippen molar-refractivity contribution in [3.63, 3.8) is 0 Å². The van der Waals surface area contributed by atoms with Gasteiger partial charge in [0, 0.05) is 31.7 Å². The highest BCUT2D eigenvalue weighted by molar-refractivity contribution is 7.92. The standard InChI is InChI=1S/C23H31ClN2O4S/c1-25(31(2,28)29)21-8-10-23(11-9-21)30-17-22(27)16-26(15-19-6-7-19)13-12-18-4-3-5-20(24)14-18/h3-5,8-11,14,19,22,27H,6-7,12-13,15-17H2,1-2H3/t22-/m0/s1. The zero-order valence-corrected chi connectivity index (χ0v) is 19.6. The Labute approximate surface area is 190 Å². The molecule has 6 nitrogen and oxygen atoms in total. The van der Waals surface area contributed by atoms with E-state index in [0.717, 1.165) is 36.7 Å². The maximum absolute atomic E-state index is 11.6. The second-order valence-electron chi connectivity index (χ2n) is 8.27. The van der Waals surface area contributed by atoms with Crippen LogP contribution in [0, 0.1) is 5.92 Å². The Morgan fingerprint density at radius 1 is 1.19 bits per heavy atom. The van der Waals surface area contributed by atoms with Gasteiger partial charge in [-0.3, -0.25) is 4.31 Å². The highest BCUT2D eigenvalue weighted by Crippen LogP contribution is 2.30. The normalized spacial score (nSPS) is 15.1. The van der Waals surface area contributed by atoms with Crippen molar-refractivity contribution < 1.29 is 18.3 Å². The number of rotatable bonds is 12. The summed E-state index contributed by atoms with van der Waals surface area (Å²) < 4.78 is 30.2. The van der Waals surface area contributed by atoms with E-state index in [9.17, 15) is 13.5 Å². The molecular weight excluding hydrogens is 436 g/mol. The maximum Gasteiger partial charge on any atom is 0.231 e. The predicted octanol–water partition coefficient (Wildman–Crippen LogP) is 3.43. The molecule has 170 valence electrons. The average Bonchev–Trinajstić information content (AvgIpc) is 3.54. The van der Waals surface area contributed by atoms with Crippen LogP contribution in [0.1, 0.15) is 18.4 Å². The van der Waals surface area contributed by atoms with E-state index in [4.69, 9.17) is 16.3 Å². The first-order valence-corrected chi connectivity index (χ1v) is 12.7. The Kier molecular flexibility index (Phi) is 8.22. The molecule has 1 aliphatic carbocycles. The summed E-state index contributed by atoms with van der Waals surface area (Å²) in [6.07, 6.45) is 3.95. The molecule has 0 radical (unpaired) electrons. The Morgan fingerprint density at radius 3 is 2.52 bits per heavy atom. The second kappa shape index (κ2) is 10.7. The minimum atomic E-state index is -3.30. The molecule has 0 unspecified atom stereocenters. The molecule has 3 rings (SSSR count). The highest BCUT2D eigenvalue weighted by Gasteiger charge is 2.25. The van der Waals surface area contributed by atoms with E-state index >= 15 is 0 Å². The molecular formula is C23H31ClN2O4S. The number of halogens is 1. The van der Waals surface area contributed by atoms with Gasteiger partial charge >= 0.3 is 0 Å². The number of nitrogens with zero attached hydrogens (tertiary/aromatic N) is 2. The second-order valence-corrected chi connectivity index (χ2v) is 10.7. The maximum atomic E-state index is 11.6. The molecule has 2 aromatic carbocycles. The zero-order chi connectivity index (χ0) is 22.4. The third-order valence-electron chi connectivity index (χ3n) is 5.43. The van der Waals surface area contributed by atoms with Crippen LogP contribution in [-0.2, 0) is 16.4 Å².